The summed E-state index contributed by atoms with van der Waals surface area (Å²) in [6.07, 6.45) is 2.42. The molecule has 1 atom stereocenters. The van der Waals surface area contributed by atoms with Crippen LogP contribution in [0.1, 0.15) is 5.56 Å². The lowest BCUT2D eigenvalue weighted by Gasteiger charge is -2.05. The predicted octanol–water partition coefficient (Wildman–Crippen LogP) is 3.09. The molecule has 2 rings (SSSR count). The number of aromatic nitrogens is 2. The Bertz CT molecular complexity index is 506. The van der Waals surface area contributed by atoms with Gasteiger partial charge < -0.3 is 0 Å². The molecule has 8 heteroatoms. The van der Waals surface area contributed by atoms with Crippen molar-refractivity contribution in [2.24, 2.45) is 5.14 Å². The zero-order chi connectivity index (χ0) is 11.5. The van der Waals surface area contributed by atoms with E-state index in [4.69, 9.17) is 16.7 Å². The van der Waals surface area contributed by atoms with Gasteiger partial charge in [-0.15, -0.1) is 0 Å². The number of rotatable bonds is 4. The molecular weight excluding hydrogens is 378 g/mol. The van der Waals surface area contributed by atoms with Gasteiger partial charge in [-0.3, -0.25) is 5.14 Å². The van der Waals surface area contributed by atoms with Crippen molar-refractivity contribution in [2.45, 2.75) is 6.54 Å². The van der Waals surface area contributed by atoms with Crippen LogP contribution >= 0.6 is 52.1 Å². The molecule has 4 nitrogen and oxygen atoms in total. The highest BCUT2D eigenvalue weighted by atomic mass is 127. The van der Waals surface area contributed by atoms with Gasteiger partial charge in [0.25, 0.3) is 0 Å². The summed E-state index contributed by atoms with van der Waals surface area (Å²) < 4.78 is 4.94. The summed E-state index contributed by atoms with van der Waals surface area (Å²) in [5, 5.41) is 11.4. The Kier molecular flexibility index (Phi) is 4.69. The second kappa shape index (κ2) is 5.84. The van der Waals surface area contributed by atoms with Crippen LogP contribution in [0.25, 0.3) is 10.9 Å². The smallest absolute Gasteiger partial charge is 0.0733 e. The third-order valence-electron chi connectivity index (χ3n) is 2.16. The molecule has 0 spiro atoms. The van der Waals surface area contributed by atoms with E-state index in [0.29, 0.717) is 12.9 Å². The molecule has 0 aliphatic carbocycles. The van der Waals surface area contributed by atoms with Crippen LogP contribution in [-0.4, -0.2) is 9.55 Å². The first kappa shape index (κ1) is 12.9. The van der Waals surface area contributed by atoms with Gasteiger partial charge >= 0.3 is 0 Å². The Labute approximate surface area is 117 Å². The molecule has 3 N–H and O–H groups in total. The van der Waals surface area contributed by atoms with Crippen LogP contribution in [0.3, 0.4) is 0 Å². The van der Waals surface area contributed by atoms with Crippen molar-refractivity contribution >= 4 is 63.1 Å². The molecule has 0 fully saturated rings. The van der Waals surface area contributed by atoms with Gasteiger partial charge in [0.05, 0.1) is 18.1 Å². The normalized spacial score (nSPS) is 11.9. The van der Waals surface area contributed by atoms with E-state index in [1.165, 1.54) is 0 Å². The molecule has 0 aliphatic rings. The first-order valence-corrected chi connectivity index (χ1v) is 9.69. The lowest BCUT2D eigenvalue weighted by atomic mass is 10.2. The van der Waals surface area contributed by atoms with Crippen molar-refractivity contribution in [3.05, 3.63) is 28.9 Å². The highest BCUT2D eigenvalue weighted by Gasteiger charge is 2.07. The average molecular weight is 387 g/mol. The third kappa shape index (κ3) is 2.63. The molecule has 1 heterocycles. The molecule has 0 saturated carbocycles. The van der Waals surface area contributed by atoms with Crippen LogP contribution in [-0.2, 0) is 6.54 Å². The van der Waals surface area contributed by atoms with Crippen molar-refractivity contribution in [2.75, 3.05) is 0 Å². The second-order valence-corrected chi connectivity index (χ2v) is 6.05. The van der Waals surface area contributed by atoms with Gasteiger partial charge in [-0.2, -0.15) is 5.10 Å². The second-order valence-electron chi connectivity index (χ2n) is 3.08. The highest BCUT2D eigenvalue weighted by molar-refractivity contribution is 14.2. The number of nitrogens with zero attached hydrogens (tertiary/aromatic N) is 2. The molecule has 16 heavy (non-hydrogen) atoms. The molecule has 0 radical (unpaired) electrons. The lowest BCUT2D eigenvalue weighted by Crippen LogP contribution is -2.06. The van der Waals surface area contributed by atoms with Crippen LogP contribution in [0.5, 0.6) is 0 Å². The van der Waals surface area contributed by atoms with Crippen LogP contribution in [0, 0.1) is 0 Å². The predicted molar refractivity (Wildman–Crippen MR) is 81.1 cm³/mol. The van der Waals surface area contributed by atoms with Crippen molar-refractivity contribution in [1.82, 2.24) is 14.3 Å². The molecule has 0 saturated heterocycles. The van der Waals surface area contributed by atoms with Gasteiger partial charge in [-0.25, -0.2) is 9.17 Å². The maximum Gasteiger partial charge on any atom is 0.0733 e. The van der Waals surface area contributed by atoms with Gasteiger partial charge in [0.15, 0.2) is 0 Å². The molecule has 2 aromatic rings. The minimum absolute atomic E-state index is 0.586. The summed E-state index contributed by atoms with van der Waals surface area (Å²) in [6.45, 7) is 0.644. The third-order valence-corrected chi connectivity index (χ3v) is 4.71. The van der Waals surface area contributed by atoms with Gasteiger partial charge in [0, 0.05) is 29.1 Å². The van der Waals surface area contributed by atoms with Crippen LogP contribution < -0.4 is 9.86 Å². The van der Waals surface area contributed by atoms with Crippen molar-refractivity contribution in [3.8, 4) is 0 Å². The standard InChI is InChI=1S/C8H9ClIN4PS/c9-7-1-6-3-12-14(15-10)8(6)2-5(7)4-13-16-11/h1-3,13,15H,4,11H2. The van der Waals surface area contributed by atoms with Crippen molar-refractivity contribution < 1.29 is 0 Å². The molecule has 0 aliphatic heterocycles. The first-order chi connectivity index (χ1) is 7.76. The summed E-state index contributed by atoms with van der Waals surface area (Å²) in [7, 11) is 0. The van der Waals surface area contributed by atoms with Crippen molar-refractivity contribution in [1.29, 1.82) is 0 Å². The summed E-state index contributed by atoms with van der Waals surface area (Å²) in [5.41, 5.74) is 2.14. The van der Waals surface area contributed by atoms with E-state index in [1.54, 1.807) is 0 Å². The largest absolute Gasteiger partial charge is 0.264 e. The van der Waals surface area contributed by atoms with E-state index in [0.717, 1.165) is 33.6 Å². The van der Waals surface area contributed by atoms with E-state index < -0.39 is 0 Å². The van der Waals surface area contributed by atoms with Crippen LogP contribution in [0.4, 0.5) is 0 Å². The number of benzene rings is 1. The SMILES string of the molecule is NSNCc1cc2c(cnn2PI)cc1Cl. The van der Waals surface area contributed by atoms with Crippen molar-refractivity contribution in [3.63, 3.8) is 0 Å². The Balaban J connectivity index is 2.45. The van der Waals surface area contributed by atoms with Gasteiger partial charge in [-0.05, 0) is 39.7 Å². The Morgan fingerprint density at radius 1 is 1.62 bits per heavy atom. The number of fused-ring (bicyclic) bond motifs is 1. The fourth-order valence-electron chi connectivity index (χ4n) is 1.41. The van der Waals surface area contributed by atoms with E-state index in [9.17, 15) is 0 Å². The Hall–Kier alpha value is 0.410. The van der Waals surface area contributed by atoms with E-state index in [-0.39, 0.29) is 0 Å². The summed E-state index contributed by atoms with van der Waals surface area (Å²) in [6, 6.07) is 3.99. The molecule has 86 valence electrons. The highest BCUT2D eigenvalue weighted by Crippen LogP contribution is 2.31. The summed E-state index contributed by atoms with van der Waals surface area (Å²) >= 11 is 9.56. The molecule has 1 aromatic heterocycles. The minimum atomic E-state index is 0.586. The quantitative estimate of drug-likeness (QED) is 0.482. The average Bonchev–Trinajstić information content (AvgIpc) is 2.68. The molecule has 1 aromatic carbocycles. The first-order valence-electron chi connectivity index (χ1n) is 4.37. The number of nitrogens with two attached hydrogens (primary N) is 1. The number of halogens is 2. The fraction of sp³-hybridized carbons (Fsp3) is 0.125. The maximum atomic E-state index is 6.16. The van der Waals surface area contributed by atoms with Crippen LogP contribution in [0.15, 0.2) is 18.3 Å². The molecule has 1 unspecified atom stereocenters. The van der Waals surface area contributed by atoms with Gasteiger partial charge in [-0.1, -0.05) is 11.6 Å². The molecular formula is C8H9ClIN4PS. The van der Waals surface area contributed by atoms with E-state index >= 15 is 0 Å². The monoisotopic (exact) mass is 386 g/mol. The molecule has 0 bridgehead atoms. The topological polar surface area (TPSA) is 55.9 Å². The minimum Gasteiger partial charge on any atom is -0.264 e. The Morgan fingerprint density at radius 2 is 2.44 bits per heavy atom. The number of hydrogen-bond acceptors (Lipinski definition) is 4. The van der Waals surface area contributed by atoms with Gasteiger partial charge in [0.1, 0.15) is 0 Å². The zero-order valence-corrected chi connectivity index (χ0v) is 12.8. The summed E-state index contributed by atoms with van der Waals surface area (Å²) in [5.74, 6) is 0. The van der Waals surface area contributed by atoms with Crippen LogP contribution in [0.2, 0.25) is 5.02 Å². The zero-order valence-electron chi connectivity index (χ0n) is 8.08. The van der Waals surface area contributed by atoms with E-state index in [2.05, 4.69) is 37.9 Å². The van der Waals surface area contributed by atoms with Gasteiger partial charge in [0.2, 0.25) is 0 Å². The number of hydrogen-bond donors (Lipinski definition) is 2. The molecule has 0 amide bonds. The maximum absolute atomic E-state index is 6.16. The number of nitrogens with one attached hydrogen (secondary N) is 1. The lowest BCUT2D eigenvalue weighted by molar-refractivity contribution is 0.976. The Morgan fingerprint density at radius 3 is 3.12 bits per heavy atom. The summed E-state index contributed by atoms with van der Waals surface area (Å²) in [4.78, 5) is 0. The fourth-order valence-corrected chi connectivity index (χ4v) is 3.43. The van der Waals surface area contributed by atoms with E-state index in [1.807, 2.05) is 16.7 Å².